The summed E-state index contributed by atoms with van der Waals surface area (Å²) in [4.78, 5) is 12.9. The standard InChI is InChI=1S/C31H34F2N4O3/c1-18-22(30(35-36(18)3)31(39)12-4-13-31)11-14-40-29-23(8-9-25(32)28(29)33)19-5-10-26-24(15-19)20(17-34-2)16-27(38)37(26)21-6-7-21/h5,8-10,15-16,21,34,39H,4,6-7,11-14,17H2,1-3H3. The molecule has 7 nitrogen and oxygen atoms in total. The highest BCUT2D eigenvalue weighted by Crippen LogP contribution is 2.43. The molecular formula is C31H34F2N4O3. The van der Waals surface area contributed by atoms with E-state index in [-0.39, 0.29) is 24.0 Å². The van der Waals surface area contributed by atoms with Gasteiger partial charge in [-0.05, 0) is 81.5 Å². The molecule has 0 atom stereocenters. The third-order valence-corrected chi connectivity index (χ3v) is 8.46. The van der Waals surface area contributed by atoms with Crippen molar-refractivity contribution in [3.63, 3.8) is 0 Å². The molecule has 2 aliphatic rings. The Hall–Kier alpha value is -3.56. The monoisotopic (exact) mass is 548 g/mol. The van der Waals surface area contributed by atoms with E-state index in [0.717, 1.165) is 53.1 Å². The molecule has 0 spiro atoms. The van der Waals surface area contributed by atoms with E-state index in [1.165, 1.54) is 6.07 Å². The van der Waals surface area contributed by atoms with E-state index in [1.807, 2.05) is 43.8 Å². The van der Waals surface area contributed by atoms with Crippen LogP contribution in [0.15, 0.2) is 41.2 Å². The van der Waals surface area contributed by atoms with Crippen molar-refractivity contribution in [1.29, 1.82) is 0 Å². The number of fused-ring (bicyclic) bond motifs is 1. The summed E-state index contributed by atoms with van der Waals surface area (Å²) in [6.07, 6.45) is 4.60. The fraction of sp³-hybridized carbons (Fsp3) is 0.419. The predicted molar refractivity (Wildman–Crippen MR) is 149 cm³/mol. The van der Waals surface area contributed by atoms with Gasteiger partial charge in [-0.25, -0.2) is 4.39 Å². The molecule has 210 valence electrons. The average Bonchev–Trinajstić information content (AvgIpc) is 3.71. The zero-order chi connectivity index (χ0) is 28.2. The molecular weight excluding hydrogens is 514 g/mol. The molecule has 0 aliphatic heterocycles. The third-order valence-electron chi connectivity index (χ3n) is 8.46. The van der Waals surface area contributed by atoms with Gasteiger partial charge in [-0.1, -0.05) is 6.07 Å². The molecule has 2 saturated carbocycles. The number of aliphatic hydroxyl groups is 1. The van der Waals surface area contributed by atoms with E-state index >= 15 is 4.39 Å². The maximum Gasteiger partial charge on any atom is 0.251 e. The Kier molecular flexibility index (Phi) is 6.74. The third kappa shape index (κ3) is 4.51. The number of hydrogen-bond acceptors (Lipinski definition) is 5. The van der Waals surface area contributed by atoms with Crippen LogP contribution in [0.25, 0.3) is 22.0 Å². The summed E-state index contributed by atoms with van der Waals surface area (Å²) in [7, 11) is 3.66. The van der Waals surface area contributed by atoms with Gasteiger partial charge in [0.05, 0.1) is 17.8 Å². The van der Waals surface area contributed by atoms with E-state index in [0.29, 0.717) is 42.6 Å². The summed E-state index contributed by atoms with van der Waals surface area (Å²) in [6, 6.07) is 10.1. The predicted octanol–water partition coefficient (Wildman–Crippen LogP) is 5.04. The molecule has 2 heterocycles. The molecule has 0 amide bonds. The molecule has 0 unspecified atom stereocenters. The summed E-state index contributed by atoms with van der Waals surface area (Å²) in [5.74, 6) is -2.19. The number of rotatable bonds is 9. The Morgan fingerprint density at radius 3 is 2.62 bits per heavy atom. The van der Waals surface area contributed by atoms with Crippen molar-refractivity contribution in [2.75, 3.05) is 13.7 Å². The van der Waals surface area contributed by atoms with Gasteiger partial charge in [0, 0.05) is 54.3 Å². The minimum Gasteiger partial charge on any atom is -0.489 e. The number of hydrogen-bond donors (Lipinski definition) is 2. The van der Waals surface area contributed by atoms with Gasteiger partial charge in [-0.3, -0.25) is 9.48 Å². The lowest BCUT2D eigenvalue weighted by molar-refractivity contribution is -0.0437. The molecule has 2 fully saturated rings. The first kappa shape index (κ1) is 26.7. The lowest BCUT2D eigenvalue weighted by Crippen LogP contribution is -2.35. The molecule has 0 saturated heterocycles. The molecule has 2 aromatic heterocycles. The van der Waals surface area contributed by atoms with Crippen molar-refractivity contribution >= 4 is 10.9 Å². The van der Waals surface area contributed by atoms with Crippen molar-refractivity contribution in [1.82, 2.24) is 19.7 Å². The number of pyridine rings is 1. The molecule has 0 bridgehead atoms. The van der Waals surface area contributed by atoms with Crippen LogP contribution in [0.2, 0.25) is 0 Å². The normalized spacial score (nSPS) is 16.4. The first-order valence-electron chi connectivity index (χ1n) is 13.9. The van der Waals surface area contributed by atoms with Crippen molar-refractivity contribution in [2.24, 2.45) is 7.05 Å². The quantitative estimate of drug-likeness (QED) is 0.307. The van der Waals surface area contributed by atoms with Crippen LogP contribution in [0.1, 0.15) is 60.7 Å². The minimum atomic E-state index is -1.04. The second-order valence-corrected chi connectivity index (χ2v) is 11.1. The van der Waals surface area contributed by atoms with Crippen molar-refractivity contribution in [3.8, 4) is 16.9 Å². The fourth-order valence-electron chi connectivity index (χ4n) is 5.86. The van der Waals surface area contributed by atoms with E-state index in [4.69, 9.17) is 4.74 Å². The van der Waals surface area contributed by atoms with Gasteiger partial charge in [0.25, 0.3) is 5.56 Å². The lowest BCUT2D eigenvalue weighted by Gasteiger charge is -2.35. The Morgan fingerprint density at radius 1 is 1.18 bits per heavy atom. The number of nitrogens with zero attached hydrogens (tertiary/aromatic N) is 3. The number of benzene rings is 2. The van der Waals surface area contributed by atoms with Crippen LogP contribution < -0.4 is 15.6 Å². The molecule has 2 aliphatic carbocycles. The molecule has 2 aromatic carbocycles. The zero-order valence-corrected chi connectivity index (χ0v) is 23.1. The maximum absolute atomic E-state index is 15.2. The Balaban J connectivity index is 1.36. The van der Waals surface area contributed by atoms with Gasteiger partial charge in [-0.2, -0.15) is 9.49 Å². The van der Waals surface area contributed by atoms with E-state index in [1.54, 1.807) is 10.7 Å². The summed E-state index contributed by atoms with van der Waals surface area (Å²) in [6.45, 7) is 2.52. The molecule has 6 rings (SSSR count). The smallest absolute Gasteiger partial charge is 0.251 e. The SMILES string of the molecule is CNCc1cc(=O)n(C2CC2)c2ccc(-c3ccc(F)c(F)c3OCCc3c(C4(O)CCC4)nn(C)c3C)cc12. The molecule has 2 N–H and O–H groups in total. The summed E-state index contributed by atoms with van der Waals surface area (Å²) >= 11 is 0. The van der Waals surface area contributed by atoms with Crippen LogP contribution in [-0.4, -0.2) is 33.1 Å². The second-order valence-electron chi connectivity index (χ2n) is 11.1. The lowest BCUT2D eigenvalue weighted by atomic mass is 9.76. The van der Waals surface area contributed by atoms with E-state index in [2.05, 4.69) is 10.4 Å². The van der Waals surface area contributed by atoms with Crippen LogP contribution in [-0.2, 0) is 25.6 Å². The van der Waals surface area contributed by atoms with Gasteiger partial charge < -0.3 is 19.7 Å². The van der Waals surface area contributed by atoms with Gasteiger partial charge in [0.1, 0.15) is 5.60 Å². The zero-order valence-electron chi connectivity index (χ0n) is 23.1. The highest BCUT2D eigenvalue weighted by atomic mass is 19.2. The number of aromatic nitrogens is 3. The van der Waals surface area contributed by atoms with Crippen LogP contribution in [0.3, 0.4) is 0 Å². The molecule has 9 heteroatoms. The topological polar surface area (TPSA) is 81.3 Å². The van der Waals surface area contributed by atoms with Crippen LogP contribution in [0.4, 0.5) is 8.78 Å². The summed E-state index contributed by atoms with van der Waals surface area (Å²) in [5.41, 5.74) is 4.26. The summed E-state index contributed by atoms with van der Waals surface area (Å²) < 4.78 is 39.2. The van der Waals surface area contributed by atoms with Gasteiger partial charge in [0.2, 0.25) is 5.82 Å². The van der Waals surface area contributed by atoms with Crippen LogP contribution in [0, 0.1) is 18.6 Å². The minimum absolute atomic E-state index is 0.0264. The van der Waals surface area contributed by atoms with E-state index in [9.17, 15) is 14.3 Å². The van der Waals surface area contributed by atoms with Gasteiger partial charge >= 0.3 is 0 Å². The van der Waals surface area contributed by atoms with Crippen molar-refractivity contribution in [3.05, 3.63) is 80.9 Å². The van der Waals surface area contributed by atoms with E-state index < -0.39 is 17.2 Å². The highest BCUT2D eigenvalue weighted by molar-refractivity contribution is 5.89. The van der Waals surface area contributed by atoms with Crippen molar-refractivity contribution < 1.29 is 18.6 Å². The second kappa shape index (κ2) is 10.1. The molecule has 40 heavy (non-hydrogen) atoms. The Morgan fingerprint density at radius 2 is 1.95 bits per heavy atom. The van der Waals surface area contributed by atoms with Crippen LogP contribution in [0.5, 0.6) is 5.75 Å². The average molecular weight is 549 g/mol. The fourth-order valence-corrected chi connectivity index (χ4v) is 5.86. The number of aryl methyl sites for hydroxylation is 1. The largest absolute Gasteiger partial charge is 0.489 e. The number of nitrogens with one attached hydrogen (secondary N) is 1. The number of ether oxygens (including phenoxy) is 1. The molecule has 4 aromatic rings. The molecule has 0 radical (unpaired) electrons. The first-order valence-corrected chi connectivity index (χ1v) is 13.9. The van der Waals surface area contributed by atoms with Crippen LogP contribution >= 0.6 is 0 Å². The maximum atomic E-state index is 15.2. The van der Waals surface area contributed by atoms with Crippen molar-refractivity contribution in [2.45, 2.75) is 63.6 Å². The number of halogens is 2. The van der Waals surface area contributed by atoms with Gasteiger partial charge in [0.15, 0.2) is 11.6 Å². The highest BCUT2D eigenvalue weighted by Gasteiger charge is 2.41. The first-order chi connectivity index (χ1) is 19.2. The Bertz CT molecular complexity index is 1670. The summed E-state index contributed by atoms with van der Waals surface area (Å²) in [5, 5.41) is 19.5. The Labute approximate surface area is 231 Å². The van der Waals surface area contributed by atoms with Gasteiger partial charge in [-0.15, -0.1) is 0 Å².